The van der Waals surface area contributed by atoms with Gasteiger partial charge in [-0.3, -0.25) is 20.0 Å². The van der Waals surface area contributed by atoms with Crippen molar-refractivity contribution >= 4 is 22.5 Å². The fourth-order valence-corrected chi connectivity index (χ4v) is 3.60. The van der Waals surface area contributed by atoms with Crippen molar-refractivity contribution in [3.63, 3.8) is 0 Å². The normalized spacial score (nSPS) is 10.9. The van der Waals surface area contributed by atoms with E-state index in [1.165, 1.54) is 18.2 Å². The van der Waals surface area contributed by atoms with Gasteiger partial charge in [0.2, 0.25) is 0 Å². The fraction of sp³-hybridized carbons (Fsp3) is 0.167. The van der Waals surface area contributed by atoms with Gasteiger partial charge in [0, 0.05) is 24.1 Å². The Hall–Kier alpha value is -4.20. The third-order valence-corrected chi connectivity index (χ3v) is 5.33. The van der Waals surface area contributed by atoms with E-state index >= 15 is 0 Å². The Balaban J connectivity index is 1.33. The molecule has 8 nitrogen and oxygen atoms in total. The van der Waals surface area contributed by atoms with E-state index in [2.05, 4.69) is 15.5 Å². The quantitative estimate of drug-likeness (QED) is 0.214. The van der Waals surface area contributed by atoms with Gasteiger partial charge in [0.25, 0.3) is 11.6 Å². The minimum Gasteiger partial charge on any atom is -0.507 e. The molecule has 0 saturated carbocycles. The molecule has 0 atom stereocenters. The monoisotopic (exact) mass is 430 g/mol. The van der Waals surface area contributed by atoms with Gasteiger partial charge in [-0.15, -0.1) is 0 Å². The average molecular weight is 430 g/mol. The van der Waals surface area contributed by atoms with E-state index in [1.807, 2.05) is 18.2 Å². The number of nitrogens with zero attached hydrogens (tertiary/aromatic N) is 2. The molecule has 8 heteroatoms. The fourth-order valence-electron chi connectivity index (χ4n) is 3.60. The van der Waals surface area contributed by atoms with Crippen LogP contribution in [0.4, 0.5) is 5.69 Å². The molecule has 0 spiro atoms. The Morgan fingerprint density at radius 1 is 1.03 bits per heavy atom. The van der Waals surface area contributed by atoms with Gasteiger partial charge < -0.3 is 10.4 Å². The minimum atomic E-state index is -0.412. The van der Waals surface area contributed by atoms with E-state index in [9.17, 15) is 20.0 Å². The summed E-state index contributed by atoms with van der Waals surface area (Å²) in [6, 6.07) is 18.9. The first kappa shape index (κ1) is 21.0. The predicted octanol–water partition coefficient (Wildman–Crippen LogP) is 4.60. The molecule has 4 rings (SSSR count). The van der Waals surface area contributed by atoms with Crippen LogP contribution in [0.15, 0.2) is 66.7 Å². The first-order valence-corrected chi connectivity index (χ1v) is 10.3. The van der Waals surface area contributed by atoms with Gasteiger partial charge >= 0.3 is 0 Å². The first-order valence-electron chi connectivity index (χ1n) is 10.3. The predicted molar refractivity (Wildman–Crippen MR) is 122 cm³/mol. The number of phenols is 1. The van der Waals surface area contributed by atoms with E-state index in [4.69, 9.17) is 0 Å². The molecule has 1 heterocycles. The molecule has 4 aromatic rings. The summed E-state index contributed by atoms with van der Waals surface area (Å²) in [5.41, 5.74) is 4.05. The van der Waals surface area contributed by atoms with E-state index < -0.39 is 4.92 Å². The number of non-ortho nitro benzene ring substituents is 1. The number of aromatic nitrogens is 2. The number of hydrogen-bond donors (Lipinski definition) is 3. The second kappa shape index (κ2) is 9.30. The number of H-pyrrole nitrogens is 1. The molecule has 0 unspecified atom stereocenters. The minimum absolute atomic E-state index is 0.0268. The molecule has 0 aliphatic heterocycles. The van der Waals surface area contributed by atoms with E-state index in [0.29, 0.717) is 6.54 Å². The van der Waals surface area contributed by atoms with Crippen LogP contribution in [-0.2, 0) is 6.42 Å². The molecular weight excluding hydrogens is 408 g/mol. The highest BCUT2D eigenvalue weighted by molar-refractivity contribution is 5.96. The zero-order chi connectivity index (χ0) is 22.5. The summed E-state index contributed by atoms with van der Waals surface area (Å²) < 4.78 is 0. The summed E-state index contributed by atoms with van der Waals surface area (Å²) in [4.78, 5) is 22.5. The van der Waals surface area contributed by atoms with Crippen LogP contribution in [0, 0.1) is 10.1 Å². The molecule has 32 heavy (non-hydrogen) atoms. The number of benzene rings is 3. The summed E-state index contributed by atoms with van der Waals surface area (Å²) in [6.07, 6.45) is 2.41. The standard InChI is InChI=1S/C24H22N4O4/c29-23-7-2-1-5-20(23)24(30)25-14-4-3-6-21-19-13-10-17(15-22(19)27-26-21)16-8-11-18(12-9-16)28(31)32/h1-2,5,7-13,15,29H,3-4,6,14H2,(H,25,30)(H,26,27). The van der Waals surface area contributed by atoms with Crippen LogP contribution in [0.2, 0.25) is 0 Å². The lowest BCUT2D eigenvalue weighted by molar-refractivity contribution is -0.384. The summed E-state index contributed by atoms with van der Waals surface area (Å²) in [6.45, 7) is 0.514. The number of carbonyl (C=O) groups excluding carboxylic acids is 1. The molecule has 0 fully saturated rings. The van der Waals surface area contributed by atoms with Crippen molar-refractivity contribution in [1.29, 1.82) is 0 Å². The largest absolute Gasteiger partial charge is 0.507 e. The molecule has 3 N–H and O–H groups in total. The van der Waals surface area contributed by atoms with Gasteiger partial charge in [-0.25, -0.2) is 0 Å². The number of amides is 1. The Kier molecular flexibility index (Phi) is 6.12. The van der Waals surface area contributed by atoms with E-state index in [0.717, 1.165) is 47.0 Å². The van der Waals surface area contributed by atoms with Crippen molar-refractivity contribution in [2.75, 3.05) is 6.54 Å². The number of rotatable bonds is 8. The van der Waals surface area contributed by atoms with Crippen molar-refractivity contribution in [3.05, 3.63) is 88.1 Å². The van der Waals surface area contributed by atoms with E-state index in [1.54, 1.807) is 30.3 Å². The Labute approximate surface area is 184 Å². The lowest BCUT2D eigenvalue weighted by Crippen LogP contribution is -2.24. The number of nitro benzene ring substituents is 1. The highest BCUT2D eigenvalue weighted by atomic mass is 16.6. The number of aromatic amines is 1. The number of aryl methyl sites for hydroxylation is 1. The molecular formula is C24H22N4O4. The van der Waals surface area contributed by atoms with Crippen molar-refractivity contribution < 1.29 is 14.8 Å². The van der Waals surface area contributed by atoms with Gasteiger partial charge in [-0.05, 0) is 60.7 Å². The Bertz CT molecular complexity index is 1260. The van der Waals surface area contributed by atoms with E-state index in [-0.39, 0.29) is 22.9 Å². The third kappa shape index (κ3) is 4.59. The lowest BCUT2D eigenvalue weighted by Gasteiger charge is -2.06. The van der Waals surface area contributed by atoms with Crippen LogP contribution in [0.25, 0.3) is 22.0 Å². The molecule has 0 saturated heterocycles. The summed E-state index contributed by atoms with van der Waals surface area (Å²) in [5, 5.41) is 31.9. The van der Waals surface area contributed by atoms with Gasteiger partial charge in [-0.1, -0.05) is 24.3 Å². The van der Waals surface area contributed by atoms with Crippen LogP contribution in [-0.4, -0.2) is 32.7 Å². The summed E-state index contributed by atoms with van der Waals surface area (Å²) >= 11 is 0. The van der Waals surface area contributed by atoms with Crippen molar-refractivity contribution in [2.24, 2.45) is 0 Å². The maximum absolute atomic E-state index is 12.1. The zero-order valence-corrected chi connectivity index (χ0v) is 17.2. The van der Waals surface area contributed by atoms with Crippen LogP contribution in [0.3, 0.4) is 0 Å². The van der Waals surface area contributed by atoms with Crippen LogP contribution >= 0.6 is 0 Å². The molecule has 0 radical (unpaired) electrons. The number of unbranched alkanes of at least 4 members (excludes halogenated alkanes) is 1. The first-order chi connectivity index (χ1) is 15.5. The summed E-state index contributed by atoms with van der Waals surface area (Å²) in [7, 11) is 0. The van der Waals surface area contributed by atoms with Gasteiger partial charge in [-0.2, -0.15) is 5.10 Å². The highest BCUT2D eigenvalue weighted by Gasteiger charge is 2.11. The third-order valence-electron chi connectivity index (χ3n) is 5.33. The number of para-hydroxylation sites is 1. The zero-order valence-electron chi connectivity index (χ0n) is 17.2. The SMILES string of the molecule is O=C(NCCCCc1n[nH]c2cc(-c3ccc([N+](=O)[O-])cc3)ccc12)c1ccccc1O. The highest BCUT2D eigenvalue weighted by Crippen LogP contribution is 2.27. The number of aromatic hydroxyl groups is 1. The molecule has 3 aromatic carbocycles. The van der Waals surface area contributed by atoms with Crippen LogP contribution < -0.4 is 5.32 Å². The number of hydrogen-bond acceptors (Lipinski definition) is 5. The number of carbonyl (C=O) groups is 1. The Morgan fingerprint density at radius 3 is 2.53 bits per heavy atom. The van der Waals surface area contributed by atoms with Crippen molar-refractivity contribution in [1.82, 2.24) is 15.5 Å². The average Bonchev–Trinajstić information content (AvgIpc) is 3.21. The molecule has 162 valence electrons. The second-order valence-corrected chi connectivity index (χ2v) is 7.46. The Morgan fingerprint density at radius 2 is 1.78 bits per heavy atom. The topological polar surface area (TPSA) is 121 Å². The van der Waals surface area contributed by atoms with Crippen LogP contribution in [0.1, 0.15) is 28.9 Å². The smallest absolute Gasteiger partial charge is 0.269 e. The second-order valence-electron chi connectivity index (χ2n) is 7.46. The maximum Gasteiger partial charge on any atom is 0.269 e. The van der Waals surface area contributed by atoms with Gasteiger partial charge in [0.1, 0.15) is 5.75 Å². The molecule has 1 amide bonds. The molecule has 0 aliphatic carbocycles. The number of phenolic OH excluding ortho intramolecular Hbond substituents is 1. The van der Waals surface area contributed by atoms with Crippen molar-refractivity contribution in [2.45, 2.75) is 19.3 Å². The lowest BCUT2D eigenvalue weighted by atomic mass is 10.0. The molecule has 0 aliphatic rings. The summed E-state index contributed by atoms with van der Waals surface area (Å²) in [5.74, 6) is -0.312. The number of nitrogens with one attached hydrogen (secondary N) is 2. The maximum atomic E-state index is 12.1. The van der Waals surface area contributed by atoms with Gasteiger partial charge in [0.15, 0.2) is 0 Å². The number of nitro groups is 1. The number of fused-ring (bicyclic) bond motifs is 1. The van der Waals surface area contributed by atoms with Crippen molar-refractivity contribution in [3.8, 4) is 16.9 Å². The van der Waals surface area contributed by atoms with Gasteiger partial charge in [0.05, 0.1) is 21.7 Å². The van der Waals surface area contributed by atoms with Crippen LogP contribution in [0.5, 0.6) is 5.75 Å². The molecule has 0 bridgehead atoms. The molecule has 1 aromatic heterocycles.